The highest BCUT2D eigenvalue weighted by Crippen LogP contribution is 2.63. The summed E-state index contributed by atoms with van der Waals surface area (Å²) in [6, 6.07) is 0. The average molecular weight is 639 g/mol. The maximum atomic E-state index is 12.9. The largest absolute Gasteiger partial charge is 0.382 e. The van der Waals surface area contributed by atoms with Crippen LogP contribution >= 0.6 is 25.5 Å². The van der Waals surface area contributed by atoms with Gasteiger partial charge in [-0.15, -0.1) is 0 Å². The van der Waals surface area contributed by atoms with E-state index in [9.17, 15) is 9.46 Å². The third-order valence-electron chi connectivity index (χ3n) is 6.36. The lowest BCUT2D eigenvalue weighted by Gasteiger charge is -2.32. The van der Waals surface area contributed by atoms with Gasteiger partial charge >= 0.3 is 6.72 Å². The molecule has 2 aliphatic rings. The molecule has 2 saturated heterocycles. The van der Waals surface area contributed by atoms with Gasteiger partial charge in [-0.05, 0) is 46.4 Å². The molecule has 0 bridgehead atoms. The molecule has 0 aliphatic carbocycles. The summed E-state index contributed by atoms with van der Waals surface area (Å²) in [6.07, 6.45) is -4.21. The highest BCUT2D eigenvalue weighted by Gasteiger charge is 2.49. The fraction of sp³-hybridized carbons (Fsp3) is 1.00. The van der Waals surface area contributed by atoms with Gasteiger partial charge < -0.3 is 42.4 Å². The summed E-state index contributed by atoms with van der Waals surface area (Å²) in [4.78, 5) is 11.0. The molecule has 2 fully saturated rings. The van der Waals surface area contributed by atoms with Crippen LogP contribution in [0.4, 0.5) is 0 Å². The quantitative estimate of drug-likeness (QED) is 0.160. The molecule has 39 heavy (non-hydrogen) atoms. The molecule has 0 aromatic heterocycles. The van der Waals surface area contributed by atoms with Crippen LogP contribution in [0.25, 0.3) is 0 Å². The Morgan fingerprint density at radius 3 is 1.92 bits per heavy atom. The Kier molecular flexibility index (Phi) is 13.4. The van der Waals surface area contributed by atoms with Gasteiger partial charge in [-0.3, -0.25) is 9.09 Å². The second-order valence-electron chi connectivity index (χ2n) is 11.8. The molecule has 0 radical (unpaired) electrons. The van der Waals surface area contributed by atoms with Crippen molar-refractivity contribution in [3.8, 4) is 0 Å². The van der Waals surface area contributed by atoms with Crippen LogP contribution in [-0.2, 0) is 58.4 Å². The summed E-state index contributed by atoms with van der Waals surface area (Å²) in [5.41, 5.74) is -0.481. The topological polar surface area (TPSA) is 120 Å². The number of thiol groups is 1. The van der Waals surface area contributed by atoms with Crippen LogP contribution in [0.5, 0.6) is 0 Å². The van der Waals surface area contributed by atoms with Crippen molar-refractivity contribution in [1.29, 1.82) is 0 Å². The molecular weight excluding hydrogens is 590 g/mol. The Labute approximate surface area is 244 Å². The first-order valence-corrected chi connectivity index (χ1v) is 18.4. The Morgan fingerprint density at radius 1 is 0.872 bits per heavy atom. The summed E-state index contributed by atoms with van der Waals surface area (Å²) in [5.74, 6) is 0. The minimum atomic E-state index is -3.82. The van der Waals surface area contributed by atoms with Crippen molar-refractivity contribution in [1.82, 2.24) is 0 Å². The predicted molar refractivity (Wildman–Crippen MR) is 155 cm³/mol. The number of rotatable bonds is 14. The highest BCUT2D eigenvalue weighted by atomic mass is 32.7. The van der Waals surface area contributed by atoms with E-state index in [1.54, 1.807) is 27.9 Å². The first-order chi connectivity index (χ1) is 17.8. The van der Waals surface area contributed by atoms with Crippen LogP contribution < -0.4 is 0 Å². The lowest BCUT2D eigenvalue weighted by molar-refractivity contribution is -0.133. The summed E-state index contributed by atoms with van der Waals surface area (Å²) in [5, 5.41) is -0.679. The average Bonchev–Trinajstić information content (AvgIpc) is 3.24. The van der Waals surface area contributed by atoms with Crippen LogP contribution in [0, 0.1) is 0 Å². The normalized spacial score (nSPS) is 35.2. The molecule has 10 atom stereocenters. The number of hydrogen-bond donors (Lipinski definition) is 2. The van der Waals surface area contributed by atoms with Crippen LogP contribution in [-0.4, -0.2) is 105 Å². The number of hydrogen-bond acceptors (Lipinski definition) is 11. The third kappa shape index (κ3) is 10.5. The van der Waals surface area contributed by atoms with Gasteiger partial charge in [-0.2, -0.15) is 0 Å². The first kappa shape index (κ1) is 36.0. The molecule has 2 rings (SSSR count). The van der Waals surface area contributed by atoms with E-state index < -0.39 is 60.7 Å². The smallest absolute Gasteiger partial charge is 0.325 e. The van der Waals surface area contributed by atoms with E-state index in [-0.39, 0.29) is 25.4 Å². The Hall–Kier alpha value is 0.830. The molecule has 2 heterocycles. The van der Waals surface area contributed by atoms with E-state index in [0.29, 0.717) is 13.2 Å². The van der Waals surface area contributed by atoms with Crippen LogP contribution in [0.15, 0.2) is 0 Å². The van der Waals surface area contributed by atoms with Crippen molar-refractivity contribution >= 4 is 37.3 Å². The number of methoxy groups -OCH3 is 2. The van der Waals surface area contributed by atoms with Gasteiger partial charge in [0.15, 0.2) is 0 Å². The van der Waals surface area contributed by atoms with Gasteiger partial charge in [-0.25, -0.2) is 0 Å². The molecule has 4 unspecified atom stereocenters. The van der Waals surface area contributed by atoms with Crippen molar-refractivity contribution in [2.75, 3.05) is 40.6 Å². The van der Waals surface area contributed by atoms with Crippen LogP contribution in [0.3, 0.4) is 0 Å². The molecule has 2 aliphatic heterocycles. The second-order valence-corrected chi connectivity index (χ2v) is 18.8. The fourth-order valence-corrected chi connectivity index (χ4v) is 6.69. The van der Waals surface area contributed by atoms with E-state index in [4.69, 9.17) is 53.8 Å². The number of ether oxygens (including phenoxy) is 6. The standard InChI is InChI=1S/C24H48O11P2S2/c1-15-19(28-10)22(18(32-15)13-30-36(25,38)24(6,7)8)35-37(26,39)31-14-17-21(34-23(3,4)5)20(16(2)33-17)29-12-11-27-9/h15-22H,11-14H2,1-10H3,(H,25,38)(H,26,39)/t15-,16-,17+,18+,19+,20+,21?,22?,36?,37?/m0/s1. The molecule has 232 valence electrons. The van der Waals surface area contributed by atoms with Gasteiger partial charge in [0.1, 0.15) is 36.6 Å². The van der Waals surface area contributed by atoms with E-state index in [0.717, 1.165) is 0 Å². The molecule has 0 aromatic rings. The third-order valence-corrected chi connectivity index (χ3v) is 12.3. The molecular formula is C24H48O11P2S2. The summed E-state index contributed by atoms with van der Waals surface area (Å²) >= 11 is 9.63. The zero-order chi connectivity index (χ0) is 29.8. The van der Waals surface area contributed by atoms with E-state index in [2.05, 4.69) is 12.2 Å². The SMILES string of the molecule is COCCO[C@H]1C(OC(C)(C)C)[C@@H](COP(O)(=S)OC2[C@@H](COP(=O)(S)C(C)(C)C)O[C@@H](C)[C@H]2OC)O[C@H]1C. The monoisotopic (exact) mass is 638 g/mol. The molecule has 15 heteroatoms. The van der Waals surface area contributed by atoms with Crippen molar-refractivity contribution in [2.45, 2.75) is 115 Å². The van der Waals surface area contributed by atoms with Crippen LogP contribution in [0.1, 0.15) is 55.4 Å². The minimum absolute atomic E-state index is 0.0825. The summed E-state index contributed by atoms with van der Waals surface area (Å²) in [6.45, 7) is 8.42. The minimum Gasteiger partial charge on any atom is -0.382 e. The maximum Gasteiger partial charge on any atom is 0.325 e. The molecule has 0 aromatic carbocycles. The molecule has 0 saturated carbocycles. The zero-order valence-corrected chi connectivity index (χ0v) is 28.2. The maximum absolute atomic E-state index is 12.9. The summed E-state index contributed by atoms with van der Waals surface area (Å²) in [7, 11) is 3.12. The van der Waals surface area contributed by atoms with Gasteiger partial charge in [-0.1, -0.05) is 33.0 Å². The van der Waals surface area contributed by atoms with E-state index in [1.807, 2.05) is 34.6 Å². The van der Waals surface area contributed by atoms with Crippen molar-refractivity contribution in [3.05, 3.63) is 0 Å². The predicted octanol–water partition coefficient (Wildman–Crippen LogP) is 4.35. The zero-order valence-electron chi connectivity index (χ0n) is 24.7. The van der Waals surface area contributed by atoms with Crippen LogP contribution in [0.2, 0.25) is 0 Å². The molecule has 11 nitrogen and oxygen atoms in total. The van der Waals surface area contributed by atoms with E-state index >= 15 is 0 Å². The molecule has 1 N–H and O–H groups in total. The Balaban J connectivity index is 2.11. The first-order valence-electron chi connectivity index (χ1n) is 13.1. The van der Waals surface area contributed by atoms with Gasteiger partial charge in [0.2, 0.25) is 0 Å². The Morgan fingerprint density at radius 2 is 1.41 bits per heavy atom. The lowest BCUT2D eigenvalue weighted by atomic mass is 10.1. The molecule has 0 amide bonds. The summed E-state index contributed by atoms with van der Waals surface area (Å²) < 4.78 is 65.3. The fourth-order valence-electron chi connectivity index (χ4n) is 4.31. The Bertz CT molecular complexity index is 866. The van der Waals surface area contributed by atoms with E-state index in [1.165, 1.54) is 7.11 Å². The van der Waals surface area contributed by atoms with Gasteiger partial charge in [0, 0.05) is 19.4 Å². The lowest BCUT2D eigenvalue weighted by Crippen LogP contribution is -2.43. The second kappa shape index (κ2) is 14.5. The van der Waals surface area contributed by atoms with Crippen molar-refractivity contribution < 1.29 is 51.5 Å². The van der Waals surface area contributed by atoms with Gasteiger partial charge in [0.05, 0.1) is 44.2 Å². The highest BCUT2D eigenvalue weighted by molar-refractivity contribution is 8.46. The van der Waals surface area contributed by atoms with Gasteiger partial charge in [0.25, 0.3) is 6.57 Å². The van der Waals surface area contributed by atoms with Crippen molar-refractivity contribution in [3.63, 3.8) is 0 Å². The molecule has 0 spiro atoms. The van der Waals surface area contributed by atoms with Crippen molar-refractivity contribution in [2.24, 2.45) is 0 Å².